The summed E-state index contributed by atoms with van der Waals surface area (Å²) in [6, 6.07) is 17.1. The van der Waals surface area contributed by atoms with Gasteiger partial charge < -0.3 is 4.84 Å². The van der Waals surface area contributed by atoms with Crippen molar-refractivity contribution in [2.45, 2.75) is 13.3 Å². The van der Waals surface area contributed by atoms with E-state index >= 15 is 0 Å². The van der Waals surface area contributed by atoms with Gasteiger partial charge in [0.15, 0.2) is 0 Å². The monoisotopic (exact) mass is 331 g/mol. The summed E-state index contributed by atoms with van der Waals surface area (Å²) >= 11 is 3.37. The smallest absolute Gasteiger partial charge is 0.318 e. The Hall–Kier alpha value is -1.94. The summed E-state index contributed by atoms with van der Waals surface area (Å²) in [6.07, 6.45) is 0.220. The summed E-state index contributed by atoms with van der Waals surface area (Å²) in [7, 11) is 0. The first-order valence-electron chi connectivity index (χ1n) is 6.19. The standard InChI is InChI=1S/C16H14BrNO2/c1-12(14-7-9-15(17)10-8-14)18-20-16(19)11-13-5-3-2-4-6-13/h2-10H,11H2,1H3. The second kappa shape index (κ2) is 7.01. The third-order valence-electron chi connectivity index (χ3n) is 2.74. The molecule has 0 aliphatic carbocycles. The highest BCUT2D eigenvalue weighted by Crippen LogP contribution is 2.11. The van der Waals surface area contributed by atoms with Gasteiger partial charge in [0.2, 0.25) is 0 Å². The third kappa shape index (κ3) is 4.31. The summed E-state index contributed by atoms with van der Waals surface area (Å²) in [5.74, 6) is -0.368. The van der Waals surface area contributed by atoms with E-state index in [1.807, 2.05) is 54.6 Å². The van der Waals surface area contributed by atoms with E-state index in [0.29, 0.717) is 5.71 Å². The molecule has 0 fully saturated rings. The molecule has 2 aromatic rings. The molecular weight excluding hydrogens is 318 g/mol. The molecule has 0 aliphatic heterocycles. The van der Waals surface area contributed by atoms with Crippen molar-refractivity contribution in [3.63, 3.8) is 0 Å². The quantitative estimate of drug-likeness (QED) is 0.483. The fraction of sp³-hybridized carbons (Fsp3) is 0.125. The average molecular weight is 332 g/mol. The maximum absolute atomic E-state index is 11.7. The summed E-state index contributed by atoms with van der Waals surface area (Å²) in [4.78, 5) is 16.6. The highest BCUT2D eigenvalue weighted by Gasteiger charge is 2.05. The van der Waals surface area contributed by atoms with Crippen LogP contribution in [0.2, 0.25) is 0 Å². The molecule has 0 saturated heterocycles. The van der Waals surface area contributed by atoms with Gasteiger partial charge in [0.1, 0.15) is 0 Å². The van der Waals surface area contributed by atoms with Gasteiger partial charge in [0, 0.05) is 4.47 Å². The largest absolute Gasteiger partial charge is 0.339 e. The molecule has 0 aliphatic rings. The topological polar surface area (TPSA) is 38.7 Å². The third-order valence-corrected chi connectivity index (χ3v) is 3.27. The number of benzene rings is 2. The molecule has 2 rings (SSSR count). The highest BCUT2D eigenvalue weighted by molar-refractivity contribution is 9.10. The second-order valence-electron chi connectivity index (χ2n) is 4.31. The van der Waals surface area contributed by atoms with Crippen LogP contribution in [0.1, 0.15) is 18.1 Å². The van der Waals surface area contributed by atoms with Gasteiger partial charge in [-0.3, -0.25) is 0 Å². The van der Waals surface area contributed by atoms with Gasteiger partial charge in [-0.2, -0.15) is 0 Å². The first-order valence-corrected chi connectivity index (χ1v) is 6.99. The number of rotatable bonds is 4. The minimum Gasteiger partial charge on any atom is -0.318 e. The van der Waals surface area contributed by atoms with Crippen LogP contribution in [0.15, 0.2) is 64.2 Å². The van der Waals surface area contributed by atoms with Crippen molar-refractivity contribution in [3.8, 4) is 0 Å². The number of carbonyl (C=O) groups is 1. The van der Waals surface area contributed by atoms with Crippen LogP contribution in [-0.4, -0.2) is 11.7 Å². The zero-order valence-corrected chi connectivity index (χ0v) is 12.6. The molecule has 0 atom stereocenters. The molecule has 0 N–H and O–H groups in total. The van der Waals surface area contributed by atoms with Crippen molar-refractivity contribution in [1.82, 2.24) is 0 Å². The number of halogens is 1. The Labute approximate surface area is 126 Å². The maximum Gasteiger partial charge on any atom is 0.339 e. The van der Waals surface area contributed by atoms with Crippen LogP contribution in [0.25, 0.3) is 0 Å². The molecule has 0 amide bonds. The molecular formula is C16H14BrNO2. The van der Waals surface area contributed by atoms with Crippen molar-refractivity contribution >= 4 is 27.6 Å². The summed E-state index contributed by atoms with van der Waals surface area (Å²) < 4.78 is 0.995. The number of nitrogens with zero attached hydrogens (tertiary/aromatic N) is 1. The van der Waals surface area contributed by atoms with E-state index in [0.717, 1.165) is 15.6 Å². The van der Waals surface area contributed by atoms with Crippen LogP contribution in [0.4, 0.5) is 0 Å². The summed E-state index contributed by atoms with van der Waals surface area (Å²) in [5, 5.41) is 3.87. The fourth-order valence-corrected chi connectivity index (χ4v) is 1.92. The number of carbonyl (C=O) groups excluding carboxylic acids is 1. The fourth-order valence-electron chi connectivity index (χ4n) is 1.66. The van der Waals surface area contributed by atoms with Crippen LogP contribution in [0.5, 0.6) is 0 Å². The van der Waals surface area contributed by atoms with E-state index < -0.39 is 0 Å². The molecule has 3 nitrogen and oxygen atoms in total. The van der Waals surface area contributed by atoms with Crippen LogP contribution in [0.3, 0.4) is 0 Å². The number of hydrogen-bond donors (Lipinski definition) is 0. The van der Waals surface area contributed by atoms with E-state index in [1.54, 1.807) is 6.92 Å². The Bertz CT molecular complexity index is 606. The van der Waals surface area contributed by atoms with E-state index in [2.05, 4.69) is 21.1 Å². The molecule has 4 heteroatoms. The maximum atomic E-state index is 11.7. The van der Waals surface area contributed by atoms with Gasteiger partial charge in [-0.05, 0) is 30.2 Å². The van der Waals surface area contributed by atoms with Gasteiger partial charge in [-0.25, -0.2) is 4.79 Å². The zero-order valence-electron chi connectivity index (χ0n) is 11.0. The normalized spacial score (nSPS) is 11.2. The highest BCUT2D eigenvalue weighted by atomic mass is 79.9. The Kier molecular flexibility index (Phi) is 5.07. The molecule has 0 radical (unpaired) electrons. The first-order chi connectivity index (χ1) is 9.65. The van der Waals surface area contributed by atoms with Crippen molar-refractivity contribution in [1.29, 1.82) is 0 Å². The van der Waals surface area contributed by atoms with E-state index in [-0.39, 0.29) is 12.4 Å². The zero-order chi connectivity index (χ0) is 14.4. The lowest BCUT2D eigenvalue weighted by atomic mass is 10.1. The molecule has 0 aromatic heterocycles. The molecule has 0 bridgehead atoms. The predicted octanol–water partition coefficient (Wildman–Crippen LogP) is 3.96. The number of oxime groups is 1. The van der Waals surface area contributed by atoms with Crippen molar-refractivity contribution in [3.05, 3.63) is 70.2 Å². The molecule has 0 unspecified atom stereocenters. The van der Waals surface area contributed by atoms with Gasteiger partial charge in [-0.1, -0.05) is 63.6 Å². The lowest BCUT2D eigenvalue weighted by Gasteiger charge is -2.02. The minimum absolute atomic E-state index is 0.220. The van der Waals surface area contributed by atoms with Crippen molar-refractivity contribution in [2.75, 3.05) is 0 Å². The van der Waals surface area contributed by atoms with E-state index in [9.17, 15) is 4.79 Å². The van der Waals surface area contributed by atoms with E-state index in [1.165, 1.54) is 0 Å². The molecule has 0 heterocycles. The van der Waals surface area contributed by atoms with Gasteiger partial charge in [0.25, 0.3) is 0 Å². The van der Waals surface area contributed by atoms with E-state index in [4.69, 9.17) is 4.84 Å². The van der Waals surface area contributed by atoms with Crippen LogP contribution in [0, 0.1) is 0 Å². The Morgan fingerprint density at radius 3 is 2.40 bits per heavy atom. The molecule has 2 aromatic carbocycles. The lowest BCUT2D eigenvalue weighted by Crippen LogP contribution is -2.06. The molecule has 0 spiro atoms. The van der Waals surface area contributed by atoms with Crippen LogP contribution >= 0.6 is 15.9 Å². The van der Waals surface area contributed by atoms with Gasteiger partial charge in [0.05, 0.1) is 12.1 Å². The van der Waals surface area contributed by atoms with Crippen molar-refractivity contribution < 1.29 is 9.63 Å². The average Bonchev–Trinajstić information content (AvgIpc) is 2.46. The summed E-state index contributed by atoms with van der Waals surface area (Å²) in [6.45, 7) is 1.80. The Morgan fingerprint density at radius 2 is 1.75 bits per heavy atom. The van der Waals surface area contributed by atoms with Crippen LogP contribution in [-0.2, 0) is 16.1 Å². The number of hydrogen-bond acceptors (Lipinski definition) is 3. The van der Waals surface area contributed by atoms with Gasteiger partial charge in [-0.15, -0.1) is 0 Å². The second-order valence-corrected chi connectivity index (χ2v) is 5.22. The van der Waals surface area contributed by atoms with Crippen LogP contribution < -0.4 is 0 Å². The predicted molar refractivity (Wildman–Crippen MR) is 82.6 cm³/mol. The summed E-state index contributed by atoms with van der Waals surface area (Å²) in [5.41, 5.74) is 2.49. The molecule has 0 saturated carbocycles. The first kappa shape index (κ1) is 14.5. The lowest BCUT2D eigenvalue weighted by molar-refractivity contribution is -0.142. The van der Waals surface area contributed by atoms with Crippen molar-refractivity contribution in [2.24, 2.45) is 5.16 Å². The minimum atomic E-state index is -0.368. The van der Waals surface area contributed by atoms with Gasteiger partial charge >= 0.3 is 5.97 Å². The molecule has 102 valence electrons. The SMILES string of the molecule is CC(=NOC(=O)Cc1ccccc1)c1ccc(Br)cc1. The Balaban J connectivity index is 1.95. The Morgan fingerprint density at radius 1 is 1.10 bits per heavy atom. The molecule has 20 heavy (non-hydrogen) atoms.